The molecule has 0 aliphatic rings. The largest absolute Gasteiger partial charge is 0.497 e. The van der Waals surface area contributed by atoms with Crippen LogP contribution in [0.4, 0.5) is 11.4 Å². The second-order valence-corrected chi connectivity index (χ2v) is 9.52. The smallest absolute Gasteiger partial charge is 0.273 e. The molecule has 0 unspecified atom stereocenters. The Morgan fingerprint density at radius 1 is 1.05 bits per heavy atom. The maximum absolute atomic E-state index is 14.1. The van der Waals surface area contributed by atoms with Gasteiger partial charge in [0.2, 0.25) is 0 Å². The van der Waals surface area contributed by atoms with Crippen molar-refractivity contribution in [3.63, 3.8) is 0 Å². The van der Waals surface area contributed by atoms with Crippen LogP contribution >= 0.6 is 11.5 Å². The van der Waals surface area contributed by atoms with Gasteiger partial charge in [-0.05, 0) is 72.4 Å². The number of nitrogen functional groups attached to an aromatic ring is 1. The maximum Gasteiger partial charge on any atom is 0.273 e. The maximum atomic E-state index is 14.1. The summed E-state index contributed by atoms with van der Waals surface area (Å²) >= 11 is 0.745. The first kappa shape index (κ1) is 27.4. The van der Waals surface area contributed by atoms with Gasteiger partial charge in [-0.3, -0.25) is 19.3 Å². The molecule has 0 bridgehead atoms. The lowest BCUT2D eigenvalue weighted by Crippen LogP contribution is -2.43. The third-order valence-corrected chi connectivity index (χ3v) is 7.01. The fraction of sp³-hybridized carbons (Fsp3) is 0.214. The molecule has 2 heterocycles. The molecule has 10 nitrogen and oxygen atoms in total. The van der Waals surface area contributed by atoms with Crippen LogP contribution in [0, 0.1) is 6.92 Å². The third kappa shape index (κ3) is 5.93. The van der Waals surface area contributed by atoms with Gasteiger partial charge in [-0.2, -0.15) is 4.37 Å². The molecule has 4 rings (SSSR count). The van der Waals surface area contributed by atoms with E-state index in [0.717, 1.165) is 29.1 Å². The molecule has 4 aromatic rings. The first-order chi connectivity index (χ1) is 18.7. The highest BCUT2D eigenvalue weighted by atomic mass is 32.1. The van der Waals surface area contributed by atoms with Crippen molar-refractivity contribution >= 4 is 40.6 Å². The fourth-order valence-corrected chi connectivity index (χ4v) is 4.76. The molecule has 0 radical (unpaired) electrons. The molecular weight excluding hydrogens is 518 g/mol. The predicted octanol–water partition coefficient (Wildman–Crippen LogP) is 4.00. The summed E-state index contributed by atoms with van der Waals surface area (Å²) in [5, 5.41) is 2.91. The molecule has 0 aliphatic heterocycles. The highest BCUT2D eigenvalue weighted by Gasteiger charge is 2.37. The summed E-state index contributed by atoms with van der Waals surface area (Å²) in [7, 11) is 1.58. The second kappa shape index (κ2) is 11.8. The Labute approximate surface area is 229 Å². The predicted molar refractivity (Wildman–Crippen MR) is 149 cm³/mol. The van der Waals surface area contributed by atoms with Gasteiger partial charge >= 0.3 is 0 Å². The summed E-state index contributed by atoms with van der Waals surface area (Å²) in [5.41, 5.74) is 13.5. The molecule has 5 N–H and O–H groups in total. The number of carbonyl (C=O) groups excluding carboxylic acids is 3. The van der Waals surface area contributed by atoms with E-state index in [1.807, 2.05) is 31.2 Å². The number of carbonyl (C=O) groups is 3. The van der Waals surface area contributed by atoms with E-state index in [4.69, 9.17) is 20.6 Å². The lowest BCUT2D eigenvalue weighted by molar-refractivity contribution is -0.123. The summed E-state index contributed by atoms with van der Waals surface area (Å²) in [4.78, 5) is 40.9. The quantitative estimate of drug-likeness (QED) is 0.271. The Morgan fingerprint density at radius 3 is 2.26 bits per heavy atom. The van der Waals surface area contributed by atoms with Crippen LogP contribution in [0.25, 0.3) is 0 Å². The Kier molecular flexibility index (Phi) is 8.30. The number of hydrogen-bond donors (Lipinski definition) is 3. The Morgan fingerprint density at radius 2 is 1.72 bits per heavy atom. The van der Waals surface area contributed by atoms with Crippen LogP contribution in [-0.2, 0) is 17.8 Å². The van der Waals surface area contributed by atoms with Crippen molar-refractivity contribution in [1.29, 1.82) is 0 Å². The molecule has 2 aromatic heterocycles. The van der Waals surface area contributed by atoms with Crippen molar-refractivity contribution in [1.82, 2.24) is 9.69 Å². The summed E-state index contributed by atoms with van der Waals surface area (Å²) in [6.45, 7) is 3.96. The molecule has 0 saturated heterocycles. The van der Waals surface area contributed by atoms with Gasteiger partial charge < -0.3 is 25.9 Å². The number of amides is 3. The van der Waals surface area contributed by atoms with Crippen LogP contribution in [0.3, 0.4) is 0 Å². The number of rotatable bonds is 10. The third-order valence-electron chi connectivity index (χ3n) is 6.16. The van der Waals surface area contributed by atoms with Gasteiger partial charge in [0.05, 0.1) is 12.8 Å². The van der Waals surface area contributed by atoms with Crippen molar-refractivity contribution in [2.45, 2.75) is 32.9 Å². The number of anilines is 2. The number of benzene rings is 2. The van der Waals surface area contributed by atoms with Gasteiger partial charge in [0.15, 0.2) is 11.7 Å². The van der Waals surface area contributed by atoms with Crippen LogP contribution in [0.2, 0.25) is 0 Å². The molecule has 39 heavy (non-hydrogen) atoms. The molecule has 0 spiro atoms. The number of methoxy groups -OCH3 is 1. The van der Waals surface area contributed by atoms with E-state index in [1.165, 1.54) is 4.90 Å². The number of hydrogen-bond acceptors (Lipinski definition) is 8. The van der Waals surface area contributed by atoms with Crippen LogP contribution in [0.5, 0.6) is 5.75 Å². The van der Waals surface area contributed by atoms with Gasteiger partial charge in [0.1, 0.15) is 22.1 Å². The topological polar surface area (TPSA) is 154 Å². The molecule has 2 aromatic carbocycles. The van der Waals surface area contributed by atoms with Crippen LogP contribution in [0.15, 0.2) is 65.1 Å². The van der Waals surface area contributed by atoms with Crippen molar-refractivity contribution < 1.29 is 23.5 Å². The van der Waals surface area contributed by atoms with Crippen LogP contribution < -0.4 is 26.4 Å². The Bertz CT molecular complexity index is 1480. The Balaban J connectivity index is 1.77. The number of ether oxygens (including phenoxy) is 1. The van der Waals surface area contributed by atoms with E-state index in [-0.39, 0.29) is 28.6 Å². The Hall–Kier alpha value is -4.64. The van der Waals surface area contributed by atoms with Crippen molar-refractivity contribution in [3.8, 4) is 5.75 Å². The van der Waals surface area contributed by atoms with E-state index in [2.05, 4.69) is 9.69 Å². The van der Waals surface area contributed by atoms with Gasteiger partial charge in [-0.15, -0.1) is 0 Å². The summed E-state index contributed by atoms with van der Waals surface area (Å²) < 4.78 is 15.0. The highest BCUT2D eigenvalue weighted by molar-refractivity contribution is 7.09. The van der Waals surface area contributed by atoms with Crippen LogP contribution in [0.1, 0.15) is 55.8 Å². The number of furan rings is 1. The van der Waals surface area contributed by atoms with Crippen molar-refractivity contribution in [2.24, 2.45) is 5.73 Å². The van der Waals surface area contributed by atoms with Gasteiger partial charge in [-0.1, -0.05) is 31.2 Å². The second-order valence-electron chi connectivity index (χ2n) is 8.75. The van der Waals surface area contributed by atoms with E-state index in [0.29, 0.717) is 17.2 Å². The molecule has 0 saturated carbocycles. The van der Waals surface area contributed by atoms with E-state index >= 15 is 0 Å². The first-order valence-electron chi connectivity index (χ1n) is 12.2. The van der Waals surface area contributed by atoms with E-state index in [1.54, 1.807) is 50.4 Å². The number of nitrogens with zero attached hydrogens (tertiary/aromatic N) is 2. The molecule has 0 aliphatic carbocycles. The molecule has 11 heteroatoms. The number of nitrogens with two attached hydrogens (primary N) is 2. The number of nitrogens with one attached hydrogen (secondary N) is 1. The van der Waals surface area contributed by atoms with Crippen molar-refractivity contribution in [2.75, 3.05) is 17.7 Å². The average molecular weight is 548 g/mol. The standard InChI is InChI=1S/C28H29N5O5S/c1-4-17-6-10-19(11-7-17)33(28(36)25-22(29)23(26(30)34)32-39-25)24(21-14-5-16(2)38-21)27(35)31-15-18-8-12-20(37-3)13-9-18/h5-14,24H,4,15,29H2,1-3H3,(H2,30,34)(H,31,35)/t24-/m1/s1. The minimum atomic E-state index is -1.20. The lowest BCUT2D eigenvalue weighted by Gasteiger charge is -2.30. The zero-order valence-corrected chi connectivity index (χ0v) is 22.6. The zero-order valence-electron chi connectivity index (χ0n) is 21.8. The first-order valence-corrected chi connectivity index (χ1v) is 12.9. The summed E-state index contributed by atoms with van der Waals surface area (Å²) in [5.74, 6) is -0.437. The monoisotopic (exact) mass is 547 g/mol. The molecule has 202 valence electrons. The molecular formula is C28H29N5O5S. The van der Waals surface area contributed by atoms with E-state index in [9.17, 15) is 14.4 Å². The average Bonchev–Trinajstić information content (AvgIpc) is 3.55. The minimum absolute atomic E-state index is 0.0143. The van der Waals surface area contributed by atoms with Gasteiger partial charge in [0, 0.05) is 12.2 Å². The number of aryl methyl sites for hydroxylation is 2. The normalized spacial score (nSPS) is 11.6. The summed E-state index contributed by atoms with van der Waals surface area (Å²) in [6.07, 6.45) is 0.793. The fourth-order valence-electron chi connectivity index (χ4n) is 4.02. The van der Waals surface area contributed by atoms with E-state index < -0.39 is 23.8 Å². The van der Waals surface area contributed by atoms with Gasteiger partial charge in [0.25, 0.3) is 17.7 Å². The molecule has 3 amide bonds. The minimum Gasteiger partial charge on any atom is -0.497 e. The summed E-state index contributed by atoms with van der Waals surface area (Å²) in [6, 6.07) is 16.7. The lowest BCUT2D eigenvalue weighted by atomic mass is 10.1. The zero-order chi connectivity index (χ0) is 28.1. The van der Waals surface area contributed by atoms with Gasteiger partial charge in [-0.25, -0.2) is 0 Å². The van der Waals surface area contributed by atoms with Crippen LogP contribution in [-0.4, -0.2) is 29.2 Å². The molecule has 1 atom stereocenters. The highest BCUT2D eigenvalue weighted by Crippen LogP contribution is 2.34. The van der Waals surface area contributed by atoms with Crippen molar-refractivity contribution in [3.05, 3.63) is 93.9 Å². The SMILES string of the molecule is CCc1ccc(N(C(=O)c2snc(C(N)=O)c2N)[C@@H](C(=O)NCc2ccc(OC)cc2)c2ccc(C)o2)cc1. The number of aromatic nitrogens is 1. The molecule has 0 fully saturated rings. The number of primary amides is 1.